The molecule has 4 rings (SSSR count). The summed E-state index contributed by atoms with van der Waals surface area (Å²) in [5.41, 5.74) is 2.55. The van der Waals surface area contributed by atoms with Crippen molar-refractivity contribution in [2.24, 2.45) is 5.16 Å². The lowest BCUT2D eigenvalue weighted by molar-refractivity contribution is -0.192. The number of urea groups is 1. The molecular formula is C26H30F3N5O5. The maximum Gasteiger partial charge on any atom is 0.490 e. The predicted octanol–water partition coefficient (Wildman–Crippen LogP) is 4.08. The molecule has 3 heterocycles. The molecule has 1 aromatic heterocycles. The molecular weight excluding hydrogens is 519 g/mol. The summed E-state index contributed by atoms with van der Waals surface area (Å²) in [6, 6.07) is 13.3. The number of aromatic nitrogens is 1. The van der Waals surface area contributed by atoms with E-state index in [0.717, 1.165) is 30.6 Å². The van der Waals surface area contributed by atoms with E-state index in [1.807, 2.05) is 42.5 Å². The van der Waals surface area contributed by atoms with Crippen LogP contribution >= 0.6 is 0 Å². The zero-order valence-electron chi connectivity index (χ0n) is 21.6. The third-order valence-corrected chi connectivity index (χ3v) is 6.24. The molecule has 1 spiro atoms. The number of hydrogen-bond acceptors (Lipinski definition) is 6. The molecule has 3 amide bonds. The fraction of sp³-hybridized carbons (Fsp3) is 0.423. The number of likely N-dealkylation sites (tertiary alicyclic amines) is 1. The number of aryl methyl sites for hydroxylation is 1. The molecule has 0 radical (unpaired) electrons. The Morgan fingerprint density at radius 1 is 1.18 bits per heavy atom. The molecule has 13 heteroatoms. The van der Waals surface area contributed by atoms with E-state index in [9.17, 15) is 22.8 Å². The molecule has 2 aliphatic rings. The first-order valence-electron chi connectivity index (χ1n) is 12.3. The van der Waals surface area contributed by atoms with Gasteiger partial charge in [0, 0.05) is 31.9 Å². The number of oxime groups is 1. The van der Waals surface area contributed by atoms with E-state index >= 15 is 0 Å². The predicted molar refractivity (Wildman–Crippen MR) is 136 cm³/mol. The number of nitrogens with one attached hydrogen (secondary N) is 1. The first-order chi connectivity index (χ1) is 18.4. The second-order valence-corrected chi connectivity index (χ2v) is 9.28. The number of carbonyl (C=O) groups is 3. The quantitative estimate of drug-likeness (QED) is 0.579. The molecule has 2 aliphatic heterocycles. The van der Waals surface area contributed by atoms with Crippen molar-refractivity contribution in [1.29, 1.82) is 0 Å². The summed E-state index contributed by atoms with van der Waals surface area (Å²) in [4.78, 5) is 48.0. The highest BCUT2D eigenvalue weighted by Gasteiger charge is 2.46. The van der Waals surface area contributed by atoms with Crippen molar-refractivity contribution >= 4 is 29.3 Å². The zero-order chi connectivity index (χ0) is 28.6. The number of piperidine rings is 1. The van der Waals surface area contributed by atoms with Crippen molar-refractivity contribution < 1.29 is 37.5 Å². The average molecular weight is 550 g/mol. The number of benzene rings is 1. The van der Waals surface area contributed by atoms with Gasteiger partial charge >= 0.3 is 18.2 Å². The number of alkyl halides is 3. The van der Waals surface area contributed by atoms with Gasteiger partial charge in [0.2, 0.25) is 0 Å². The maximum atomic E-state index is 12.9. The van der Waals surface area contributed by atoms with Crippen LogP contribution in [0, 0.1) is 0 Å². The Bertz CT molecular complexity index is 1190. The fourth-order valence-electron chi connectivity index (χ4n) is 4.18. The summed E-state index contributed by atoms with van der Waals surface area (Å²) >= 11 is 0. The Hall–Kier alpha value is -4.16. The topological polar surface area (TPSA) is 124 Å². The molecule has 1 fully saturated rings. The van der Waals surface area contributed by atoms with Gasteiger partial charge in [-0.05, 0) is 49.1 Å². The molecule has 0 bridgehead atoms. The van der Waals surface area contributed by atoms with Gasteiger partial charge in [-0.3, -0.25) is 9.78 Å². The summed E-state index contributed by atoms with van der Waals surface area (Å²) < 4.78 is 31.7. The van der Waals surface area contributed by atoms with Gasteiger partial charge in [-0.1, -0.05) is 30.3 Å². The van der Waals surface area contributed by atoms with Gasteiger partial charge in [-0.2, -0.15) is 13.2 Å². The lowest BCUT2D eigenvalue weighted by atomic mass is 9.88. The van der Waals surface area contributed by atoms with Crippen molar-refractivity contribution in [3.05, 3.63) is 59.9 Å². The van der Waals surface area contributed by atoms with Crippen molar-refractivity contribution in [2.75, 3.05) is 25.5 Å². The standard InChI is InChI=1S/C24H29N5O3.C2HF3O2/c1-3-18-8-10-19(11-9-18)26-23(31)29-14-6-12-24(17-29)15-21(27-32-24)22(30)28(2)16-20-7-4-5-13-25-20;3-2(4,5)1(6)7/h4-5,7-11,13H,3,6,12,14-17H2,1-2H3,(H,26,31);(H,6,7). The summed E-state index contributed by atoms with van der Waals surface area (Å²) in [6.07, 6.45) is -0.473. The molecule has 39 heavy (non-hydrogen) atoms. The van der Waals surface area contributed by atoms with E-state index in [1.165, 1.54) is 5.56 Å². The number of aliphatic carboxylic acids is 1. The Morgan fingerprint density at radius 3 is 2.46 bits per heavy atom. The normalized spacial score (nSPS) is 18.4. The monoisotopic (exact) mass is 549 g/mol. The molecule has 1 atom stereocenters. The summed E-state index contributed by atoms with van der Waals surface area (Å²) in [5, 5.41) is 14.2. The zero-order valence-corrected chi connectivity index (χ0v) is 21.6. The average Bonchev–Trinajstić information content (AvgIpc) is 3.31. The largest absolute Gasteiger partial charge is 0.490 e. The van der Waals surface area contributed by atoms with Crippen LogP contribution in [0.2, 0.25) is 0 Å². The van der Waals surface area contributed by atoms with Crippen LogP contribution in [-0.2, 0) is 27.4 Å². The highest BCUT2D eigenvalue weighted by Crippen LogP contribution is 2.34. The van der Waals surface area contributed by atoms with Crippen LogP contribution in [0.3, 0.4) is 0 Å². The lowest BCUT2D eigenvalue weighted by Crippen LogP contribution is -2.52. The molecule has 0 aliphatic carbocycles. The summed E-state index contributed by atoms with van der Waals surface area (Å²) in [5.74, 6) is -2.93. The molecule has 1 saturated heterocycles. The highest BCUT2D eigenvalue weighted by molar-refractivity contribution is 6.39. The number of halogens is 3. The van der Waals surface area contributed by atoms with Crippen LogP contribution in [0.15, 0.2) is 53.8 Å². The van der Waals surface area contributed by atoms with Crippen LogP contribution in [0.5, 0.6) is 0 Å². The molecule has 2 aromatic rings. The van der Waals surface area contributed by atoms with Crippen LogP contribution in [-0.4, -0.2) is 75.4 Å². The van der Waals surface area contributed by atoms with Gasteiger partial charge < -0.3 is 25.1 Å². The van der Waals surface area contributed by atoms with E-state index in [2.05, 4.69) is 22.4 Å². The molecule has 1 unspecified atom stereocenters. The fourth-order valence-corrected chi connectivity index (χ4v) is 4.18. The summed E-state index contributed by atoms with van der Waals surface area (Å²) in [7, 11) is 1.73. The van der Waals surface area contributed by atoms with Gasteiger partial charge in [0.05, 0.1) is 18.8 Å². The molecule has 0 saturated carbocycles. The van der Waals surface area contributed by atoms with E-state index in [1.54, 1.807) is 23.0 Å². The Kier molecular flexibility index (Phi) is 9.49. The molecule has 210 valence electrons. The minimum Gasteiger partial charge on any atom is -0.475 e. The van der Waals surface area contributed by atoms with Crippen LogP contribution in [0.4, 0.5) is 23.7 Å². The number of anilines is 1. The number of pyridine rings is 1. The van der Waals surface area contributed by atoms with Gasteiger partial charge in [0.25, 0.3) is 5.91 Å². The van der Waals surface area contributed by atoms with Gasteiger partial charge in [0.1, 0.15) is 5.71 Å². The van der Waals surface area contributed by atoms with Crippen molar-refractivity contribution in [3.63, 3.8) is 0 Å². The number of amides is 3. The Balaban J connectivity index is 0.000000532. The lowest BCUT2D eigenvalue weighted by Gasteiger charge is -2.38. The molecule has 2 N–H and O–H groups in total. The number of hydrogen-bond donors (Lipinski definition) is 2. The third kappa shape index (κ3) is 8.16. The Labute approximate surface area is 223 Å². The summed E-state index contributed by atoms with van der Waals surface area (Å²) in [6.45, 7) is 3.54. The van der Waals surface area contributed by atoms with Gasteiger partial charge in [0.15, 0.2) is 5.60 Å². The van der Waals surface area contributed by atoms with E-state index in [4.69, 9.17) is 14.7 Å². The number of carbonyl (C=O) groups excluding carboxylic acids is 2. The van der Waals surface area contributed by atoms with Crippen molar-refractivity contribution in [1.82, 2.24) is 14.8 Å². The smallest absolute Gasteiger partial charge is 0.475 e. The number of rotatable bonds is 5. The van der Waals surface area contributed by atoms with Crippen molar-refractivity contribution in [2.45, 2.75) is 50.9 Å². The van der Waals surface area contributed by atoms with E-state index in [0.29, 0.717) is 31.8 Å². The van der Waals surface area contributed by atoms with Crippen molar-refractivity contribution in [3.8, 4) is 0 Å². The number of carboxylic acids is 1. The second-order valence-electron chi connectivity index (χ2n) is 9.28. The van der Waals surface area contributed by atoms with E-state index < -0.39 is 17.7 Å². The van der Waals surface area contributed by atoms with Crippen LogP contribution in [0.1, 0.15) is 37.4 Å². The third-order valence-electron chi connectivity index (χ3n) is 6.24. The van der Waals surface area contributed by atoms with Crippen LogP contribution < -0.4 is 5.32 Å². The Morgan fingerprint density at radius 2 is 1.87 bits per heavy atom. The van der Waals surface area contributed by atoms with Gasteiger partial charge in [-0.25, -0.2) is 9.59 Å². The SMILES string of the molecule is CCc1ccc(NC(=O)N2CCCC3(CC(C(=O)N(C)Cc4ccccn4)=NO3)C2)cc1.O=C(O)C(F)(F)F. The minimum atomic E-state index is -5.08. The highest BCUT2D eigenvalue weighted by atomic mass is 19.4. The van der Waals surface area contributed by atoms with Crippen LogP contribution in [0.25, 0.3) is 0 Å². The molecule has 1 aromatic carbocycles. The second kappa shape index (κ2) is 12.6. The first kappa shape index (κ1) is 29.4. The van der Waals surface area contributed by atoms with Gasteiger partial charge in [-0.15, -0.1) is 0 Å². The number of nitrogens with zero attached hydrogens (tertiary/aromatic N) is 4. The number of carboxylic acid groups (broad SMARTS) is 1. The van der Waals surface area contributed by atoms with E-state index in [-0.39, 0.29) is 11.9 Å². The molecule has 10 nitrogen and oxygen atoms in total. The first-order valence-corrected chi connectivity index (χ1v) is 12.3. The maximum absolute atomic E-state index is 12.9. The minimum absolute atomic E-state index is 0.163.